The van der Waals surface area contributed by atoms with Crippen LogP contribution in [-0.2, 0) is 16.1 Å². The second kappa shape index (κ2) is 6.77. The van der Waals surface area contributed by atoms with E-state index in [2.05, 4.69) is 4.98 Å². The van der Waals surface area contributed by atoms with Crippen molar-refractivity contribution in [2.45, 2.75) is 52.6 Å². The van der Waals surface area contributed by atoms with Crippen molar-refractivity contribution in [1.82, 2.24) is 14.8 Å². The van der Waals surface area contributed by atoms with Gasteiger partial charge in [-0.15, -0.1) is 11.3 Å². The molecule has 0 aliphatic carbocycles. The molecule has 2 amide bonds. The lowest BCUT2D eigenvalue weighted by atomic mass is 9.91. The highest BCUT2D eigenvalue weighted by Gasteiger charge is 2.36. The molecule has 1 saturated heterocycles. The van der Waals surface area contributed by atoms with Crippen molar-refractivity contribution in [2.24, 2.45) is 5.41 Å². The van der Waals surface area contributed by atoms with E-state index in [1.165, 1.54) is 11.3 Å². The number of thiazole rings is 1. The average molecular weight is 323 g/mol. The SMILES string of the molecule is CN(Cc1cscn1)C(=O)C1CCCN1C(=O)CC(C)(C)C. The molecule has 22 heavy (non-hydrogen) atoms. The Balaban J connectivity index is 2.00. The Morgan fingerprint density at radius 2 is 2.18 bits per heavy atom. The number of rotatable bonds is 4. The first-order valence-electron chi connectivity index (χ1n) is 7.69. The van der Waals surface area contributed by atoms with Crippen LogP contribution in [0.2, 0.25) is 0 Å². The van der Waals surface area contributed by atoms with Gasteiger partial charge in [-0.25, -0.2) is 4.98 Å². The molecule has 1 fully saturated rings. The highest BCUT2D eigenvalue weighted by atomic mass is 32.1. The number of likely N-dealkylation sites (tertiary alicyclic amines) is 1. The molecule has 6 heteroatoms. The molecule has 1 aliphatic rings. The smallest absolute Gasteiger partial charge is 0.245 e. The van der Waals surface area contributed by atoms with Crippen LogP contribution in [0.5, 0.6) is 0 Å². The molecule has 5 nitrogen and oxygen atoms in total. The molecule has 2 heterocycles. The van der Waals surface area contributed by atoms with Gasteiger partial charge in [-0.05, 0) is 18.3 Å². The molecule has 1 atom stereocenters. The van der Waals surface area contributed by atoms with Crippen LogP contribution in [0.4, 0.5) is 0 Å². The fourth-order valence-corrected chi connectivity index (χ4v) is 3.32. The van der Waals surface area contributed by atoms with E-state index >= 15 is 0 Å². The highest BCUT2D eigenvalue weighted by Crippen LogP contribution is 2.25. The number of aromatic nitrogens is 1. The Bertz CT molecular complexity index is 522. The summed E-state index contributed by atoms with van der Waals surface area (Å²) in [4.78, 5) is 32.8. The normalized spacial score (nSPS) is 18.5. The lowest BCUT2D eigenvalue weighted by Crippen LogP contribution is -2.47. The van der Waals surface area contributed by atoms with Gasteiger partial charge in [0, 0.05) is 25.4 Å². The van der Waals surface area contributed by atoms with Crippen LogP contribution < -0.4 is 0 Å². The highest BCUT2D eigenvalue weighted by molar-refractivity contribution is 7.07. The van der Waals surface area contributed by atoms with Crippen LogP contribution in [0.3, 0.4) is 0 Å². The molecule has 0 aromatic carbocycles. The van der Waals surface area contributed by atoms with Gasteiger partial charge < -0.3 is 9.80 Å². The molecule has 2 rings (SSSR count). The Labute approximate surface area is 136 Å². The first-order valence-corrected chi connectivity index (χ1v) is 8.64. The maximum absolute atomic E-state index is 12.7. The zero-order valence-electron chi connectivity index (χ0n) is 13.8. The molecule has 0 N–H and O–H groups in total. The number of carbonyl (C=O) groups is 2. The lowest BCUT2D eigenvalue weighted by molar-refractivity contribution is -0.144. The van der Waals surface area contributed by atoms with Crippen molar-refractivity contribution in [2.75, 3.05) is 13.6 Å². The molecule has 0 bridgehead atoms. The molecule has 0 radical (unpaired) electrons. The second-order valence-corrected chi connectivity index (χ2v) is 7.88. The molecule has 0 saturated carbocycles. The Morgan fingerprint density at radius 3 is 2.77 bits per heavy atom. The maximum atomic E-state index is 12.7. The Hall–Kier alpha value is -1.43. The number of carbonyl (C=O) groups excluding carboxylic acids is 2. The second-order valence-electron chi connectivity index (χ2n) is 7.16. The quantitative estimate of drug-likeness (QED) is 0.855. The standard InChI is InChI=1S/C16H25N3O2S/c1-16(2,3)8-14(20)19-7-5-6-13(19)15(21)18(4)9-12-10-22-11-17-12/h10-11,13H,5-9H2,1-4H3. The van der Waals surface area contributed by atoms with Gasteiger partial charge in [0.1, 0.15) is 6.04 Å². The van der Waals surface area contributed by atoms with E-state index in [0.29, 0.717) is 19.5 Å². The van der Waals surface area contributed by atoms with Gasteiger partial charge in [-0.1, -0.05) is 20.8 Å². The minimum atomic E-state index is -0.307. The van der Waals surface area contributed by atoms with Gasteiger partial charge in [0.15, 0.2) is 0 Å². The molecule has 0 spiro atoms. The first kappa shape index (κ1) is 16.9. The van der Waals surface area contributed by atoms with Crippen molar-refractivity contribution < 1.29 is 9.59 Å². The summed E-state index contributed by atoms with van der Waals surface area (Å²) < 4.78 is 0. The van der Waals surface area contributed by atoms with Gasteiger partial charge >= 0.3 is 0 Å². The molecular formula is C16H25N3O2S. The van der Waals surface area contributed by atoms with Gasteiger partial charge in [0.25, 0.3) is 0 Å². The fraction of sp³-hybridized carbons (Fsp3) is 0.688. The van der Waals surface area contributed by atoms with E-state index in [9.17, 15) is 9.59 Å². The summed E-state index contributed by atoms with van der Waals surface area (Å²) in [5.74, 6) is 0.109. The average Bonchev–Trinajstić information content (AvgIpc) is 3.06. The summed E-state index contributed by atoms with van der Waals surface area (Å²) in [7, 11) is 1.78. The van der Waals surface area contributed by atoms with Gasteiger partial charge in [-0.3, -0.25) is 9.59 Å². The third kappa shape index (κ3) is 4.29. The van der Waals surface area contributed by atoms with Crippen molar-refractivity contribution >= 4 is 23.2 Å². The van der Waals surface area contributed by atoms with Crippen LogP contribution in [0, 0.1) is 5.41 Å². The fourth-order valence-electron chi connectivity index (χ4n) is 2.77. The molecule has 122 valence electrons. The van der Waals surface area contributed by atoms with Crippen molar-refractivity contribution in [3.05, 3.63) is 16.6 Å². The van der Waals surface area contributed by atoms with E-state index in [0.717, 1.165) is 18.5 Å². The third-order valence-corrected chi connectivity index (χ3v) is 4.43. The first-order chi connectivity index (χ1) is 10.3. The van der Waals surface area contributed by atoms with E-state index in [1.54, 1.807) is 22.4 Å². The number of nitrogens with zero attached hydrogens (tertiary/aromatic N) is 3. The number of amides is 2. The topological polar surface area (TPSA) is 53.5 Å². The van der Waals surface area contributed by atoms with Crippen LogP contribution in [-0.4, -0.2) is 46.2 Å². The van der Waals surface area contributed by atoms with Crippen molar-refractivity contribution in [1.29, 1.82) is 0 Å². The summed E-state index contributed by atoms with van der Waals surface area (Å²) >= 11 is 1.52. The third-order valence-electron chi connectivity index (χ3n) is 3.80. The van der Waals surface area contributed by atoms with Crippen LogP contribution >= 0.6 is 11.3 Å². The molecular weight excluding hydrogens is 298 g/mol. The largest absolute Gasteiger partial charge is 0.338 e. The minimum Gasteiger partial charge on any atom is -0.338 e. The van der Waals surface area contributed by atoms with Crippen molar-refractivity contribution in [3.8, 4) is 0 Å². The number of hydrogen-bond acceptors (Lipinski definition) is 4. The van der Waals surface area contributed by atoms with Crippen LogP contribution in [0.15, 0.2) is 10.9 Å². The van der Waals surface area contributed by atoms with E-state index in [-0.39, 0.29) is 23.3 Å². The summed E-state index contributed by atoms with van der Waals surface area (Å²) in [5.41, 5.74) is 2.61. The van der Waals surface area contributed by atoms with E-state index < -0.39 is 0 Å². The number of hydrogen-bond donors (Lipinski definition) is 0. The summed E-state index contributed by atoms with van der Waals surface area (Å²) in [6.07, 6.45) is 2.14. The summed E-state index contributed by atoms with van der Waals surface area (Å²) in [6.45, 7) is 7.33. The van der Waals surface area contributed by atoms with E-state index in [1.807, 2.05) is 26.2 Å². The summed E-state index contributed by atoms with van der Waals surface area (Å²) in [5, 5.41) is 1.95. The lowest BCUT2D eigenvalue weighted by Gasteiger charge is -2.30. The Kier molecular flexibility index (Phi) is 5.21. The zero-order chi connectivity index (χ0) is 16.3. The van der Waals surface area contributed by atoms with Gasteiger partial charge in [-0.2, -0.15) is 0 Å². The van der Waals surface area contributed by atoms with Gasteiger partial charge in [0.05, 0.1) is 17.7 Å². The Morgan fingerprint density at radius 1 is 1.45 bits per heavy atom. The van der Waals surface area contributed by atoms with E-state index in [4.69, 9.17) is 0 Å². The summed E-state index contributed by atoms with van der Waals surface area (Å²) in [6, 6.07) is -0.307. The monoisotopic (exact) mass is 323 g/mol. The zero-order valence-corrected chi connectivity index (χ0v) is 14.7. The predicted octanol–water partition coefficient (Wildman–Crippen LogP) is 2.53. The maximum Gasteiger partial charge on any atom is 0.245 e. The predicted molar refractivity (Wildman–Crippen MR) is 87.4 cm³/mol. The van der Waals surface area contributed by atoms with Gasteiger partial charge in [0.2, 0.25) is 11.8 Å². The minimum absolute atomic E-state index is 0.0211. The van der Waals surface area contributed by atoms with Crippen molar-refractivity contribution in [3.63, 3.8) is 0 Å². The molecule has 1 aromatic heterocycles. The van der Waals surface area contributed by atoms with Crippen LogP contribution in [0.1, 0.15) is 45.7 Å². The molecule has 1 unspecified atom stereocenters. The van der Waals surface area contributed by atoms with Crippen LogP contribution in [0.25, 0.3) is 0 Å². The molecule has 1 aliphatic heterocycles. The number of likely N-dealkylation sites (N-methyl/N-ethyl adjacent to an activating group) is 1. The molecule has 1 aromatic rings.